The summed E-state index contributed by atoms with van der Waals surface area (Å²) in [5.74, 6) is 1.20. The molecule has 0 N–H and O–H groups in total. The minimum atomic E-state index is -3.92. The summed E-state index contributed by atoms with van der Waals surface area (Å²) in [5.41, 5.74) is 3.54. The Bertz CT molecular complexity index is 1300. The molecule has 1 saturated heterocycles. The average Bonchev–Trinajstić information content (AvgIpc) is 3.50. The second kappa shape index (κ2) is 11.2. The zero-order chi connectivity index (χ0) is 25.7. The van der Waals surface area contributed by atoms with Gasteiger partial charge in [-0.2, -0.15) is 12.7 Å². The Labute approximate surface area is 211 Å². The molecule has 0 amide bonds. The SMILES string of the molecule is CC(=O)ON(Cc1cccc(OCCc2nc(-c3ccc(C)cc3)oc2C)c1)S(=O)(=O)N1CCCC1. The average molecular weight is 514 g/mol. The van der Waals surface area contributed by atoms with E-state index in [1.54, 1.807) is 24.3 Å². The number of aromatic nitrogens is 1. The number of rotatable bonds is 10. The second-order valence-electron chi connectivity index (χ2n) is 8.79. The highest BCUT2D eigenvalue weighted by Gasteiger charge is 2.34. The summed E-state index contributed by atoms with van der Waals surface area (Å²) < 4.78 is 39.8. The van der Waals surface area contributed by atoms with Crippen LogP contribution in [0.2, 0.25) is 0 Å². The van der Waals surface area contributed by atoms with Gasteiger partial charge in [-0.25, -0.2) is 4.98 Å². The lowest BCUT2D eigenvalue weighted by Crippen LogP contribution is -2.42. The summed E-state index contributed by atoms with van der Waals surface area (Å²) >= 11 is 0. The van der Waals surface area contributed by atoms with Gasteiger partial charge in [-0.15, -0.1) is 0 Å². The van der Waals surface area contributed by atoms with Gasteiger partial charge in [0.1, 0.15) is 11.5 Å². The fourth-order valence-electron chi connectivity index (χ4n) is 3.98. The minimum Gasteiger partial charge on any atom is -0.493 e. The predicted molar refractivity (Wildman–Crippen MR) is 134 cm³/mol. The van der Waals surface area contributed by atoms with E-state index in [2.05, 4.69) is 4.98 Å². The van der Waals surface area contributed by atoms with Gasteiger partial charge in [0.2, 0.25) is 5.89 Å². The number of carbonyl (C=O) groups excluding carboxylic acids is 1. The maximum absolute atomic E-state index is 13.0. The van der Waals surface area contributed by atoms with E-state index in [1.807, 2.05) is 38.1 Å². The molecular weight excluding hydrogens is 482 g/mol. The number of hydrogen-bond acceptors (Lipinski definition) is 7. The zero-order valence-electron chi connectivity index (χ0n) is 20.8. The Kier molecular flexibility index (Phi) is 8.07. The largest absolute Gasteiger partial charge is 0.493 e. The van der Waals surface area contributed by atoms with Crippen LogP contribution >= 0.6 is 0 Å². The highest BCUT2D eigenvalue weighted by molar-refractivity contribution is 7.86. The fraction of sp³-hybridized carbons (Fsp3) is 0.385. The third-order valence-electron chi connectivity index (χ3n) is 5.89. The maximum Gasteiger partial charge on any atom is 0.323 e. The molecule has 1 fully saturated rings. The molecule has 4 rings (SSSR count). The Hall–Kier alpha value is -3.21. The fourth-order valence-corrected chi connectivity index (χ4v) is 5.47. The lowest BCUT2D eigenvalue weighted by molar-refractivity contribution is -0.168. The standard InChI is InChI=1S/C26H31N3O6S/c1-19-9-11-23(12-10-19)26-27-25(20(2)34-26)13-16-33-24-8-6-7-22(17-24)18-29(35-21(3)30)36(31,32)28-14-4-5-15-28/h6-12,17H,4-5,13-16,18H2,1-3H3. The number of hydroxylamine groups is 1. The molecule has 0 aliphatic carbocycles. The quantitative estimate of drug-likeness (QED) is 0.374. The number of ether oxygens (including phenoxy) is 1. The van der Waals surface area contributed by atoms with Crippen molar-refractivity contribution in [3.05, 3.63) is 71.1 Å². The summed E-state index contributed by atoms with van der Waals surface area (Å²) in [6, 6.07) is 15.1. The van der Waals surface area contributed by atoms with Crippen molar-refractivity contribution in [1.29, 1.82) is 0 Å². The molecule has 9 nitrogen and oxygen atoms in total. The van der Waals surface area contributed by atoms with Crippen molar-refractivity contribution in [3.63, 3.8) is 0 Å². The van der Waals surface area contributed by atoms with Gasteiger partial charge in [0.15, 0.2) is 0 Å². The number of aryl methyl sites for hydroxylation is 2. The first-order valence-electron chi connectivity index (χ1n) is 11.9. The van der Waals surface area contributed by atoms with Crippen LogP contribution in [0.4, 0.5) is 0 Å². The third-order valence-corrected chi connectivity index (χ3v) is 7.62. The van der Waals surface area contributed by atoms with Gasteiger partial charge < -0.3 is 14.0 Å². The molecule has 192 valence electrons. The molecule has 1 aromatic heterocycles. The van der Waals surface area contributed by atoms with Crippen LogP contribution in [0.5, 0.6) is 5.75 Å². The van der Waals surface area contributed by atoms with Crippen LogP contribution in [-0.2, 0) is 32.8 Å². The van der Waals surface area contributed by atoms with Gasteiger partial charge in [-0.3, -0.25) is 4.79 Å². The zero-order valence-corrected chi connectivity index (χ0v) is 21.6. The number of nitrogens with zero attached hydrogens (tertiary/aromatic N) is 3. The maximum atomic E-state index is 13.0. The van der Waals surface area contributed by atoms with Gasteiger partial charge in [-0.05, 0) is 61.0 Å². The first kappa shape index (κ1) is 25.9. The normalized spacial score (nSPS) is 14.3. The van der Waals surface area contributed by atoms with Crippen LogP contribution in [0.3, 0.4) is 0 Å². The van der Waals surface area contributed by atoms with Gasteiger partial charge in [0, 0.05) is 32.0 Å². The van der Waals surface area contributed by atoms with Crippen LogP contribution in [0, 0.1) is 13.8 Å². The van der Waals surface area contributed by atoms with Crippen molar-refractivity contribution in [2.45, 2.75) is 46.6 Å². The molecule has 1 aliphatic rings. The van der Waals surface area contributed by atoms with Crippen LogP contribution in [0.25, 0.3) is 11.5 Å². The van der Waals surface area contributed by atoms with Crippen LogP contribution in [-0.4, -0.2) is 47.8 Å². The molecule has 2 aromatic carbocycles. The number of carbonyl (C=O) groups is 1. The molecule has 10 heteroatoms. The van der Waals surface area contributed by atoms with E-state index in [1.165, 1.54) is 16.8 Å². The monoisotopic (exact) mass is 513 g/mol. The van der Waals surface area contributed by atoms with Crippen molar-refractivity contribution in [1.82, 2.24) is 13.8 Å². The smallest absolute Gasteiger partial charge is 0.323 e. The van der Waals surface area contributed by atoms with Crippen molar-refractivity contribution >= 4 is 16.2 Å². The van der Waals surface area contributed by atoms with Crippen molar-refractivity contribution < 1.29 is 27.2 Å². The Morgan fingerprint density at radius 3 is 2.53 bits per heavy atom. The van der Waals surface area contributed by atoms with E-state index in [9.17, 15) is 13.2 Å². The highest BCUT2D eigenvalue weighted by atomic mass is 32.2. The lowest BCUT2D eigenvalue weighted by atomic mass is 10.1. The molecule has 3 aromatic rings. The summed E-state index contributed by atoms with van der Waals surface area (Å²) in [5, 5.41) is 0. The number of hydrogen-bond donors (Lipinski definition) is 0. The molecule has 36 heavy (non-hydrogen) atoms. The van der Waals surface area contributed by atoms with Gasteiger partial charge >= 0.3 is 16.2 Å². The first-order valence-corrected chi connectivity index (χ1v) is 13.3. The number of benzene rings is 2. The van der Waals surface area contributed by atoms with Crippen molar-refractivity contribution in [3.8, 4) is 17.2 Å². The van der Waals surface area contributed by atoms with Gasteiger partial charge in [0.05, 0.1) is 18.8 Å². The molecular formula is C26H31N3O6S. The molecule has 0 radical (unpaired) electrons. The molecule has 0 unspecified atom stereocenters. The highest BCUT2D eigenvalue weighted by Crippen LogP contribution is 2.24. The van der Waals surface area contributed by atoms with Crippen LogP contribution < -0.4 is 4.74 Å². The minimum absolute atomic E-state index is 0.113. The number of oxazole rings is 1. The summed E-state index contributed by atoms with van der Waals surface area (Å²) in [4.78, 5) is 21.3. The summed E-state index contributed by atoms with van der Waals surface area (Å²) in [6.45, 7) is 6.17. The molecule has 0 atom stereocenters. The van der Waals surface area contributed by atoms with E-state index >= 15 is 0 Å². The topological polar surface area (TPSA) is 102 Å². The van der Waals surface area contributed by atoms with E-state index in [0.717, 1.165) is 34.3 Å². The van der Waals surface area contributed by atoms with E-state index in [4.69, 9.17) is 14.0 Å². The summed E-state index contributed by atoms with van der Waals surface area (Å²) in [6.07, 6.45) is 2.12. The van der Waals surface area contributed by atoms with E-state index in [-0.39, 0.29) is 6.54 Å². The molecule has 0 spiro atoms. The molecule has 2 heterocycles. The predicted octanol–water partition coefficient (Wildman–Crippen LogP) is 4.20. The van der Waals surface area contributed by atoms with Gasteiger partial charge in [-0.1, -0.05) is 29.8 Å². The van der Waals surface area contributed by atoms with E-state index in [0.29, 0.717) is 43.3 Å². The Morgan fingerprint density at radius 2 is 1.83 bits per heavy atom. The van der Waals surface area contributed by atoms with Crippen LogP contribution in [0.15, 0.2) is 52.9 Å². The van der Waals surface area contributed by atoms with Crippen molar-refractivity contribution in [2.75, 3.05) is 19.7 Å². The molecule has 1 aliphatic heterocycles. The lowest BCUT2D eigenvalue weighted by Gasteiger charge is -2.25. The third kappa shape index (κ3) is 6.31. The van der Waals surface area contributed by atoms with E-state index < -0.39 is 16.2 Å². The second-order valence-corrected chi connectivity index (χ2v) is 10.6. The summed E-state index contributed by atoms with van der Waals surface area (Å²) in [7, 11) is -3.92. The van der Waals surface area contributed by atoms with Gasteiger partial charge in [0.25, 0.3) is 0 Å². The Balaban J connectivity index is 1.39. The molecule has 0 saturated carbocycles. The van der Waals surface area contributed by atoms with Crippen LogP contribution in [0.1, 0.15) is 42.3 Å². The first-order chi connectivity index (χ1) is 17.2. The molecule has 0 bridgehead atoms. The Morgan fingerprint density at radius 1 is 1.11 bits per heavy atom. The van der Waals surface area contributed by atoms with Crippen molar-refractivity contribution in [2.24, 2.45) is 0 Å².